The summed E-state index contributed by atoms with van der Waals surface area (Å²) in [7, 11) is 1.62. The molecule has 166 valence electrons. The van der Waals surface area contributed by atoms with Gasteiger partial charge in [-0.05, 0) is 50.8 Å². The summed E-state index contributed by atoms with van der Waals surface area (Å²) < 4.78 is 5.07. The third-order valence-corrected chi connectivity index (χ3v) is 6.40. The number of nitrogens with two attached hydrogens (primary N) is 1. The van der Waals surface area contributed by atoms with Crippen molar-refractivity contribution in [2.75, 3.05) is 44.0 Å². The van der Waals surface area contributed by atoms with Crippen molar-refractivity contribution in [1.29, 1.82) is 0 Å². The number of rotatable bonds is 6. The quantitative estimate of drug-likeness (QED) is 0.767. The lowest BCUT2D eigenvalue weighted by molar-refractivity contribution is -0.134. The van der Waals surface area contributed by atoms with Crippen LogP contribution in [0.3, 0.4) is 0 Å². The minimum Gasteiger partial charge on any atom is -0.396 e. The van der Waals surface area contributed by atoms with Gasteiger partial charge in [0.25, 0.3) is 0 Å². The van der Waals surface area contributed by atoms with Crippen LogP contribution < -0.4 is 10.6 Å². The molecule has 0 spiro atoms. The molecule has 4 rings (SSSR count). The summed E-state index contributed by atoms with van der Waals surface area (Å²) in [6.45, 7) is 8.83. The highest BCUT2D eigenvalue weighted by Crippen LogP contribution is 2.47. The van der Waals surface area contributed by atoms with Crippen LogP contribution in [0.1, 0.15) is 48.9 Å². The summed E-state index contributed by atoms with van der Waals surface area (Å²) in [5, 5.41) is 0. The standard InChI is InChI=1S/C24H33N5O2/c1-15-11-19(13-26-12-15)21-17(3)22(25)24(27-23(21)18-5-6-18)28-8-9-29(16(2)14-28)20(30)7-10-31-4/h11-13,16,18H,5-10,14,25H2,1-4H3/t16-/m1/s1. The van der Waals surface area contributed by atoms with E-state index in [0.29, 0.717) is 25.5 Å². The lowest BCUT2D eigenvalue weighted by atomic mass is 9.95. The average Bonchev–Trinajstić information content (AvgIpc) is 3.59. The number of ether oxygens (including phenoxy) is 1. The van der Waals surface area contributed by atoms with Crippen LogP contribution in [0.4, 0.5) is 11.5 Å². The van der Waals surface area contributed by atoms with Gasteiger partial charge >= 0.3 is 0 Å². The van der Waals surface area contributed by atoms with Crippen LogP contribution in [-0.2, 0) is 9.53 Å². The number of nitrogens with zero attached hydrogens (tertiary/aromatic N) is 4. The fraction of sp³-hybridized carbons (Fsp3) is 0.542. The molecule has 0 aromatic carbocycles. The van der Waals surface area contributed by atoms with Crippen molar-refractivity contribution < 1.29 is 9.53 Å². The van der Waals surface area contributed by atoms with Crippen LogP contribution >= 0.6 is 0 Å². The van der Waals surface area contributed by atoms with Crippen LogP contribution in [-0.4, -0.2) is 60.2 Å². The molecule has 2 N–H and O–H groups in total. The molecule has 0 bridgehead atoms. The lowest BCUT2D eigenvalue weighted by Crippen LogP contribution is -2.54. The predicted molar refractivity (Wildman–Crippen MR) is 123 cm³/mol. The maximum Gasteiger partial charge on any atom is 0.225 e. The summed E-state index contributed by atoms with van der Waals surface area (Å²) in [5.74, 6) is 1.49. The van der Waals surface area contributed by atoms with E-state index in [0.717, 1.165) is 52.5 Å². The third kappa shape index (κ3) is 4.37. The number of aromatic nitrogens is 2. The van der Waals surface area contributed by atoms with Gasteiger partial charge in [0.15, 0.2) is 5.82 Å². The predicted octanol–water partition coefficient (Wildman–Crippen LogP) is 3.29. The molecular weight excluding hydrogens is 390 g/mol. The molecule has 2 fully saturated rings. The topological polar surface area (TPSA) is 84.6 Å². The Kier molecular flexibility index (Phi) is 6.14. The maximum atomic E-state index is 12.5. The van der Waals surface area contributed by atoms with Crippen LogP contribution in [0.2, 0.25) is 0 Å². The molecule has 7 heteroatoms. The smallest absolute Gasteiger partial charge is 0.225 e. The van der Waals surface area contributed by atoms with Crippen molar-refractivity contribution in [2.45, 2.75) is 52.0 Å². The maximum absolute atomic E-state index is 12.5. The highest BCUT2D eigenvalue weighted by atomic mass is 16.5. The Balaban J connectivity index is 1.64. The fourth-order valence-electron chi connectivity index (χ4n) is 4.53. The summed E-state index contributed by atoms with van der Waals surface area (Å²) in [4.78, 5) is 26.2. The molecule has 31 heavy (non-hydrogen) atoms. The summed E-state index contributed by atoms with van der Waals surface area (Å²) in [5.41, 5.74) is 13.0. The number of nitrogen functional groups attached to an aromatic ring is 1. The van der Waals surface area contributed by atoms with Crippen molar-refractivity contribution in [2.24, 2.45) is 0 Å². The lowest BCUT2D eigenvalue weighted by Gasteiger charge is -2.41. The van der Waals surface area contributed by atoms with Crippen LogP contribution in [0, 0.1) is 13.8 Å². The molecule has 1 atom stereocenters. The molecular formula is C24H33N5O2. The molecule has 2 aromatic rings. The van der Waals surface area contributed by atoms with E-state index >= 15 is 0 Å². The Hall–Kier alpha value is -2.67. The first-order chi connectivity index (χ1) is 14.9. The number of hydrogen-bond acceptors (Lipinski definition) is 6. The van der Waals surface area contributed by atoms with Gasteiger partial charge < -0.3 is 20.3 Å². The zero-order chi connectivity index (χ0) is 22.1. The van der Waals surface area contributed by atoms with Crippen molar-refractivity contribution in [1.82, 2.24) is 14.9 Å². The average molecular weight is 424 g/mol. The van der Waals surface area contributed by atoms with E-state index in [-0.39, 0.29) is 11.9 Å². The molecule has 0 radical (unpaired) electrons. The van der Waals surface area contributed by atoms with Crippen LogP contribution in [0.5, 0.6) is 0 Å². The van der Waals surface area contributed by atoms with E-state index in [1.54, 1.807) is 7.11 Å². The number of anilines is 2. The van der Waals surface area contributed by atoms with Gasteiger partial charge in [-0.25, -0.2) is 4.98 Å². The highest BCUT2D eigenvalue weighted by Gasteiger charge is 2.33. The van der Waals surface area contributed by atoms with Crippen molar-refractivity contribution in [3.05, 3.63) is 35.3 Å². The van der Waals surface area contributed by atoms with E-state index in [9.17, 15) is 4.79 Å². The molecule has 0 unspecified atom stereocenters. The van der Waals surface area contributed by atoms with Crippen LogP contribution in [0.25, 0.3) is 11.1 Å². The minimum atomic E-state index is 0.102. The number of methoxy groups -OCH3 is 1. The normalized spacial score (nSPS) is 19.0. The van der Waals surface area contributed by atoms with Crippen molar-refractivity contribution in [3.8, 4) is 11.1 Å². The van der Waals surface area contributed by atoms with Gasteiger partial charge in [0, 0.05) is 62.2 Å². The SMILES string of the molecule is COCCC(=O)N1CCN(c2nc(C3CC3)c(-c3cncc(C)c3)c(C)c2N)C[C@H]1C. The number of aryl methyl sites for hydroxylation is 1. The van der Waals surface area contributed by atoms with E-state index in [4.69, 9.17) is 15.5 Å². The molecule has 1 aliphatic heterocycles. The molecule has 3 heterocycles. The fourth-order valence-corrected chi connectivity index (χ4v) is 4.53. The van der Waals surface area contributed by atoms with E-state index < -0.39 is 0 Å². The Labute approximate surface area is 184 Å². The Morgan fingerprint density at radius 3 is 2.68 bits per heavy atom. The Morgan fingerprint density at radius 2 is 2.03 bits per heavy atom. The van der Waals surface area contributed by atoms with Gasteiger partial charge in [-0.2, -0.15) is 0 Å². The first-order valence-electron chi connectivity index (χ1n) is 11.2. The van der Waals surface area contributed by atoms with Gasteiger partial charge in [0.05, 0.1) is 24.4 Å². The van der Waals surface area contributed by atoms with Crippen molar-refractivity contribution in [3.63, 3.8) is 0 Å². The second kappa shape index (κ2) is 8.83. The van der Waals surface area contributed by atoms with Gasteiger partial charge in [-0.1, -0.05) is 0 Å². The van der Waals surface area contributed by atoms with Gasteiger partial charge in [0.2, 0.25) is 5.91 Å². The molecule has 1 aliphatic carbocycles. The Bertz CT molecular complexity index is 973. The van der Waals surface area contributed by atoms with E-state index in [1.807, 2.05) is 17.3 Å². The second-order valence-electron chi connectivity index (χ2n) is 8.88. The molecule has 1 saturated carbocycles. The summed E-state index contributed by atoms with van der Waals surface area (Å²) in [6.07, 6.45) is 6.54. The molecule has 1 amide bonds. The largest absolute Gasteiger partial charge is 0.396 e. The number of piperazine rings is 1. The van der Waals surface area contributed by atoms with Gasteiger partial charge in [0.1, 0.15) is 0 Å². The highest BCUT2D eigenvalue weighted by molar-refractivity contribution is 5.82. The zero-order valence-electron chi connectivity index (χ0n) is 19.0. The zero-order valence-corrected chi connectivity index (χ0v) is 19.0. The first-order valence-corrected chi connectivity index (χ1v) is 11.2. The van der Waals surface area contributed by atoms with E-state index in [1.165, 1.54) is 12.8 Å². The Morgan fingerprint density at radius 1 is 1.26 bits per heavy atom. The number of amides is 1. The summed E-state index contributed by atoms with van der Waals surface area (Å²) in [6, 6.07) is 2.26. The first kappa shape index (κ1) is 21.6. The number of carbonyl (C=O) groups is 1. The molecule has 7 nitrogen and oxygen atoms in total. The number of hydrogen-bond donors (Lipinski definition) is 1. The monoisotopic (exact) mass is 423 g/mol. The van der Waals surface area contributed by atoms with Gasteiger partial charge in [-0.15, -0.1) is 0 Å². The van der Waals surface area contributed by atoms with Crippen LogP contribution in [0.15, 0.2) is 18.5 Å². The molecule has 2 aliphatic rings. The minimum absolute atomic E-state index is 0.102. The number of carbonyl (C=O) groups excluding carboxylic acids is 1. The molecule has 1 saturated heterocycles. The van der Waals surface area contributed by atoms with Crippen molar-refractivity contribution >= 4 is 17.4 Å². The number of pyridine rings is 2. The third-order valence-electron chi connectivity index (χ3n) is 6.40. The molecule has 2 aromatic heterocycles. The summed E-state index contributed by atoms with van der Waals surface area (Å²) >= 11 is 0. The van der Waals surface area contributed by atoms with E-state index in [2.05, 4.69) is 36.7 Å². The second-order valence-corrected chi connectivity index (χ2v) is 8.88. The van der Waals surface area contributed by atoms with Gasteiger partial charge in [-0.3, -0.25) is 9.78 Å².